The van der Waals surface area contributed by atoms with Gasteiger partial charge in [0, 0.05) is 31.9 Å². The number of hydrogen-bond acceptors (Lipinski definition) is 4. The number of rotatable bonds is 9. The van der Waals surface area contributed by atoms with Crippen LogP contribution >= 0.6 is 0 Å². The first-order valence-electron chi connectivity index (χ1n) is 8.10. The molecule has 130 valence electrons. The molecule has 6 heteroatoms. The van der Waals surface area contributed by atoms with Crippen molar-refractivity contribution < 1.29 is 8.42 Å². The lowest BCUT2D eigenvalue weighted by molar-refractivity contribution is 0.579. The Morgan fingerprint density at radius 3 is 2.42 bits per heavy atom. The fourth-order valence-electron chi connectivity index (χ4n) is 2.45. The van der Waals surface area contributed by atoms with Crippen molar-refractivity contribution in [3.8, 4) is 0 Å². The van der Waals surface area contributed by atoms with Crippen molar-refractivity contribution in [3.63, 3.8) is 0 Å². The lowest BCUT2D eigenvalue weighted by Gasteiger charge is -2.23. The Morgan fingerprint density at radius 2 is 1.75 bits per heavy atom. The molecule has 2 N–H and O–H groups in total. The lowest BCUT2D eigenvalue weighted by atomic mass is 10.2. The molecule has 0 aliphatic rings. The lowest BCUT2D eigenvalue weighted by Crippen LogP contribution is -2.30. The number of likely N-dealkylation sites (N-methyl/N-ethyl adjacent to an activating group) is 1. The summed E-state index contributed by atoms with van der Waals surface area (Å²) in [5.74, 6) is 0. The summed E-state index contributed by atoms with van der Waals surface area (Å²) in [5.41, 5.74) is 2.09. The normalized spacial score (nSPS) is 11.4. The topological polar surface area (TPSA) is 61.4 Å². The summed E-state index contributed by atoms with van der Waals surface area (Å²) in [5, 5.41) is 2.92. The SMILES string of the molecule is CCN(Cc1cccc(S(=O)(=O)NCCNC)c1)c1ccccc1. The molecule has 0 saturated heterocycles. The maximum absolute atomic E-state index is 12.3. The first kappa shape index (κ1) is 18.4. The molecule has 0 spiro atoms. The molecule has 0 unspecified atom stereocenters. The Kier molecular flexibility index (Phi) is 6.78. The highest BCUT2D eigenvalue weighted by Gasteiger charge is 2.14. The first-order valence-corrected chi connectivity index (χ1v) is 9.58. The van der Waals surface area contributed by atoms with Gasteiger partial charge in [-0.25, -0.2) is 13.1 Å². The Labute approximate surface area is 144 Å². The average Bonchev–Trinajstić information content (AvgIpc) is 2.61. The van der Waals surface area contributed by atoms with Gasteiger partial charge in [0.05, 0.1) is 4.90 Å². The average molecular weight is 347 g/mol. The molecular weight excluding hydrogens is 322 g/mol. The van der Waals surface area contributed by atoms with Gasteiger partial charge in [-0.15, -0.1) is 0 Å². The predicted molar refractivity (Wildman–Crippen MR) is 98.7 cm³/mol. The Morgan fingerprint density at radius 1 is 1.00 bits per heavy atom. The molecule has 0 heterocycles. The third-order valence-electron chi connectivity index (χ3n) is 3.75. The molecule has 0 aliphatic carbocycles. The van der Waals surface area contributed by atoms with Gasteiger partial charge >= 0.3 is 0 Å². The molecule has 0 aromatic heterocycles. The van der Waals surface area contributed by atoms with E-state index in [0.717, 1.165) is 17.8 Å². The van der Waals surface area contributed by atoms with Crippen LogP contribution in [0.5, 0.6) is 0 Å². The van der Waals surface area contributed by atoms with E-state index in [1.54, 1.807) is 25.2 Å². The van der Waals surface area contributed by atoms with Crippen molar-refractivity contribution >= 4 is 15.7 Å². The second-order valence-electron chi connectivity index (χ2n) is 5.50. The van der Waals surface area contributed by atoms with Crippen molar-refractivity contribution in [1.29, 1.82) is 0 Å². The molecule has 0 amide bonds. The van der Waals surface area contributed by atoms with Gasteiger partial charge in [-0.3, -0.25) is 0 Å². The van der Waals surface area contributed by atoms with Gasteiger partial charge in [-0.2, -0.15) is 0 Å². The maximum atomic E-state index is 12.3. The summed E-state index contributed by atoms with van der Waals surface area (Å²) in [6.45, 7) is 4.57. The minimum absolute atomic E-state index is 0.306. The molecule has 0 radical (unpaired) electrons. The van der Waals surface area contributed by atoms with E-state index < -0.39 is 10.0 Å². The summed E-state index contributed by atoms with van der Waals surface area (Å²) < 4.78 is 27.3. The maximum Gasteiger partial charge on any atom is 0.240 e. The van der Waals surface area contributed by atoms with Crippen LogP contribution in [0, 0.1) is 0 Å². The molecular formula is C18H25N3O2S. The van der Waals surface area contributed by atoms with E-state index in [-0.39, 0.29) is 0 Å². The van der Waals surface area contributed by atoms with E-state index >= 15 is 0 Å². The van der Waals surface area contributed by atoms with E-state index in [4.69, 9.17) is 0 Å². The van der Waals surface area contributed by atoms with E-state index in [9.17, 15) is 8.42 Å². The van der Waals surface area contributed by atoms with Gasteiger partial charge in [-0.1, -0.05) is 30.3 Å². The molecule has 24 heavy (non-hydrogen) atoms. The summed E-state index contributed by atoms with van der Waals surface area (Å²) in [6.07, 6.45) is 0. The highest BCUT2D eigenvalue weighted by Crippen LogP contribution is 2.18. The van der Waals surface area contributed by atoms with Crippen LogP contribution in [0.25, 0.3) is 0 Å². The zero-order valence-corrected chi connectivity index (χ0v) is 15.0. The van der Waals surface area contributed by atoms with Crippen LogP contribution < -0.4 is 14.9 Å². The second-order valence-corrected chi connectivity index (χ2v) is 7.27. The second kappa shape index (κ2) is 8.82. The Balaban J connectivity index is 2.15. The Hall–Kier alpha value is -1.89. The van der Waals surface area contributed by atoms with Gasteiger partial charge in [0.2, 0.25) is 10.0 Å². The third kappa shape index (κ3) is 5.06. The van der Waals surface area contributed by atoms with Gasteiger partial charge in [0.1, 0.15) is 0 Å². The van der Waals surface area contributed by atoms with Crippen LogP contribution in [0.1, 0.15) is 12.5 Å². The highest BCUT2D eigenvalue weighted by molar-refractivity contribution is 7.89. The number of anilines is 1. The molecule has 0 aliphatic heterocycles. The van der Waals surface area contributed by atoms with Gasteiger partial charge in [0.25, 0.3) is 0 Å². The quantitative estimate of drug-likeness (QED) is 0.683. The number of nitrogens with one attached hydrogen (secondary N) is 2. The Bertz CT molecular complexity index is 733. The van der Waals surface area contributed by atoms with E-state index in [1.807, 2.05) is 24.3 Å². The minimum atomic E-state index is -3.47. The zero-order chi connectivity index (χ0) is 17.4. The number of nitrogens with zero attached hydrogens (tertiary/aromatic N) is 1. The molecule has 0 saturated carbocycles. The van der Waals surface area contributed by atoms with Crippen LogP contribution in [-0.4, -0.2) is 35.1 Å². The molecule has 0 bridgehead atoms. The standard InChI is InChI=1S/C18H25N3O2S/c1-3-21(17-9-5-4-6-10-17)15-16-8-7-11-18(14-16)24(22,23)20-13-12-19-2/h4-11,14,19-20H,3,12-13,15H2,1-2H3. The third-order valence-corrected chi connectivity index (χ3v) is 5.21. The van der Waals surface area contributed by atoms with Crippen molar-refractivity contribution in [1.82, 2.24) is 10.0 Å². The van der Waals surface area contributed by atoms with Gasteiger partial charge < -0.3 is 10.2 Å². The molecule has 2 aromatic carbocycles. The van der Waals surface area contributed by atoms with Gasteiger partial charge in [0.15, 0.2) is 0 Å². The summed E-state index contributed by atoms with van der Waals surface area (Å²) >= 11 is 0. The molecule has 0 fully saturated rings. The van der Waals surface area contributed by atoms with Crippen LogP contribution in [-0.2, 0) is 16.6 Å². The van der Waals surface area contributed by atoms with Crippen LogP contribution in [0.3, 0.4) is 0 Å². The highest BCUT2D eigenvalue weighted by atomic mass is 32.2. The fraction of sp³-hybridized carbons (Fsp3) is 0.333. The molecule has 0 atom stereocenters. The first-order chi connectivity index (χ1) is 11.6. The smallest absolute Gasteiger partial charge is 0.240 e. The molecule has 2 aromatic rings. The van der Waals surface area contributed by atoms with Crippen LogP contribution in [0.4, 0.5) is 5.69 Å². The molecule has 2 rings (SSSR count). The minimum Gasteiger partial charge on any atom is -0.367 e. The van der Waals surface area contributed by atoms with E-state index in [0.29, 0.717) is 24.5 Å². The van der Waals surface area contributed by atoms with Gasteiger partial charge in [-0.05, 0) is 43.8 Å². The number of benzene rings is 2. The number of para-hydroxylation sites is 1. The predicted octanol–water partition coefficient (Wildman–Crippen LogP) is 2.21. The monoisotopic (exact) mass is 347 g/mol. The summed E-state index contributed by atoms with van der Waals surface area (Å²) in [7, 11) is -1.68. The summed E-state index contributed by atoms with van der Waals surface area (Å²) in [6, 6.07) is 17.2. The van der Waals surface area contributed by atoms with Crippen LogP contribution in [0.2, 0.25) is 0 Å². The van der Waals surface area contributed by atoms with Crippen LogP contribution in [0.15, 0.2) is 59.5 Å². The molecule has 5 nitrogen and oxygen atoms in total. The van der Waals surface area contributed by atoms with E-state index in [2.05, 4.69) is 34.0 Å². The number of hydrogen-bond donors (Lipinski definition) is 2. The van der Waals surface area contributed by atoms with Crippen molar-refractivity contribution in [2.45, 2.75) is 18.4 Å². The largest absolute Gasteiger partial charge is 0.367 e. The van der Waals surface area contributed by atoms with Crippen molar-refractivity contribution in [2.75, 3.05) is 31.6 Å². The van der Waals surface area contributed by atoms with E-state index in [1.165, 1.54) is 0 Å². The zero-order valence-electron chi connectivity index (χ0n) is 14.2. The summed E-state index contributed by atoms with van der Waals surface area (Å²) in [4.78, 5) is 2.51. The van der Waals surface area contributed by atoms with Crippen molar-refractivity contribution in [3.05, 3.63) is 60.2 Å². The van der Waals surface area contributed by atoms with Crippen molar-refractivity contribution in [2.24, 2.45) is 0 Å². The fourth-order valence-corrected chi connectivity index (χ4v) is 3.55. The number of sulfonamides is 1.